The molecule has 0 saturated carbocycles. The van der Waals surface area contributed by atoms with Crippen LogP contribution in [0.25, 0.3) is 0 Å². The molecule has 0 bridgehead atoms. The van der Waals surface area contributed by atoms with Crippen molar-refractivity contribution in [3.63, 3.8) is 0 Å². The van der Waals surface area contributed by atoms with E-state index in [1.165, 1.54) is 17.0 Å². The summed E-state index contributed by atoms with van der Waals surface area (Å²) in [6, 6.07) is 5.29. The minimum Gasteiger partial charge on any atom is -0.368 e. The first-order chi connectivity index (χ1) is 9.77. The SMILES string of the molecule is CC(C(N)=O)N1CCC(C)(c2ccc([N+](=O)[O-])cc2)C1=O. The van der Waals surface area contributed by atoms with Crippen LogP contribution in [0.3, 0.4) is 0 Å². The van der Waals surface area contributed by atoms with E-state index in [4.69, 9.17) is 5.73 Å². The van der Waals surface area contributed by atoms with Gasteiger partial charge in [0.05, 0.1) is 10.3 Å². The fraction of sp³-hybridized carbons (Fsp3) is 0.429. The molecule has 1 fully saturated rings. The molecule has 7 heteroatoms. The molecule has 112 valence electrons. The van der Waals surface area contributed by atoms with Crippen LogP contribution in [0.1, 0.15) is 25.8 Å². The highest BCUT2D eigenvalue weighted by Gasteiger charge is 2.46. The highest BCUT2D eigenvalue weighted by Crippen LogP contribution is 2.36. The fourth-order valence-electron chi connectivity index (χ4n) is 2.61. The third kappa shape index (κ3) is 2.46. The minimum absolute atomic E-state index is 0.0184. The molecule has 2 amide bonds. The van der Waals surface area contributed by atoms with E-state index in [1.807, 2.05) is 0 Å². The number of hydrogen-bond donors (Lipinski definition) is 1. The standard InChI is InChI=1S/C14H17N3O4/c1-9(12(15)18)16-8-7-14(2,13(16)19)10-3-5-11(6-4-10)17(20)21/h3-6,9H,7-8H2,1-2H3,(H2,15,18). The molecule has 0 spiro atoms. The van der Waals surface area contributed by atoms with Crippen LogP contribution in [0.5, 0.6) is 0 Å². The Kier molecular flexibility index (Phi) is 3.67. The highest BCUT2D eigenvalue weighted by molar-refractivity contribution is 5.94. The number of carbonyl (C=O) groups is 2. The molecule has 0 aliphatic carbocycles. The van der Waals surface area contributed by atoms with Crippen molar-refractivity contribution in [1.29, 1.82) is 0 Å². The monoisotopic (exact) mass is 291 g/mol. The van der Waals surface area contributed by atoms with Gasteiger partial charge in [-0.05, 0) is 25.8 Å². The summed E-state index contributed by atoms with van der Waals surface area (Å²) < 4.78 is 0. The maximum absolute atomic E-state index is 12.6. The highest BCUT2D eigenvalue weighted by atomic mass is 16.6. The number of nitrogens with zero attached hydrogens (tertiary/aromatic N) is 2. The number of likely N-dealkylation sites (tertiary alicyclic amines) is 1. The number of carbonyl (C=O) groups excluding carboxylic acids is 2. The van der Waals surface area contributed by atoms with Gasteiger partial charge in [-0.1, -0.05) is 12.1 Å². The third-order valence-electron chi connectivity index (χ3n) is 4.18. The molecular formula is C14H17N3O4. The minimum atomic E-state index is -0.779. The van der Waals surface area contributed by atoms with E-state index < -0.39 is 22.3 Å². The van der Waals surface area contributed by atoms with E-state index >= 15 is 0 Å². The van der Waals surface area contributed by atoms with Gasteiger partial charge in [0.2, 0.25) is 11.8 Å². The van der Waals surface area contributed by atoms with E-state index in [0.717, 1.165) is 0 Å². The largest absolute Gasteiger partial charge is 0.368 e. The molecule has 2 unspecified atom stereocenters. The van der Waals surface area contributed by atoms with Crippen molar-refractivity contribution in [2.45, 2.75) is 31.7 Å². The number of non-ortho nitro benzene ring substituents is 1. The van der Waals surface area contributed by atoms with Gasteiger partial charge in [-0.25, -0.2) is 0 Å². The summed E-state index contributed by atoms with van der Waals surface area (Å²) in [4.78, 5) is 35.5. The molecule has 21 heavy (non-hydrogen) atoms. The van der Waals surface area contributed by atoms with Gasteiger partial charge in [0.1, 0.15) is 6.04 Å². The number of nitrogens with two attached hydrogens (primary N) is 1. The summed E-state index contributed by atoms with van der Waals surface area (Å²) in [6.07, 6.45) is 0.543. The summed E-state index contributed by atoms with van der Waals surface area (Å²) >= 11 is 0. The summed E-state index contributed by atoms with van der Waals surface area (Å²) in [7, 11) is 0. The summed E-state index contributed by atoms with van der Waals surface area (Å²) in [6.45, 7) is 3.82. The molecule has 1 aliphatic rings. The average molecular weight is 291 g/mol. The van der Waals surface area contributed by atoms with E-state index in [0.29, 0.717) is 18.5 Å². The normalized spacial score (nSPS) is 23.1. The zero-order chi connectivity index (χ0) is 15.8. The Morgan fingerprint density at radius 2 is 2.00 bits per heavy atom. The Labute approximate surface area is 121 Å². The smallest absolute Gasteiger partial charge is 0.269 e. The Morgan fingerprint density at radius 1 is 1.43 bits per heavy atom. The summed E-state index contributed by atoms with van der Waals surface area (Å²) in [5, 5.41) is 10.7. The van der Waals surface area contributed by atoms with Crippen molar-refractivity contribution in [2.24, 2.45) is 5.73 Å². The van der Waals surface area contributed by atoms with Crippen molar-refractivity contribution >= 4 is 17.5 Å². The molecule has 7 nitrogen and oxygen atoms in total. The Balaban J connectivity index is 2.29. The maximum Gasteiger partial charge on any atom is 0.269 e. The topological polar surface area (TPSA) is 107 Å². The van der Waals surface area contributed by atoms with Crippen molar-refractivity contribution in [2.75, 3.05) is 6.54 Å². The Bertz CT molecular complexity index is 599. The van der Waals surface area contributed by atoms with Crippen molar-refractivity contribution in [3.8, 4) is 0 Å². The molecule has 0 aromatic heterocycles. The maximum atomic E-state index is 12.6. The number of nitro groups is 1. The lowest BCUT2D eigenvalue weighted by Gasteiger charge is -2.26. The summed E-state index contributed by atoms with van der Waals surface area (Å²) in [5.74, 6) is -0.723. The van der Waals surface area contributed by atoms with Crippen LogP contribution in [-0.4, -0.2) is 34.2 Å². The lowest BCUT2D eigenvalue weighted by atomic mass is 9.81. The predicted octanol–water partition coefficient (Wildman–Crippen LogP) is 0.959. The van der Waals surface area contributed by atoms with Crippen molar-refractivity contribution < 1.29 is 14.5 Å². The molecule has 0 radical (unpaired) electrons. The molecule has 2 N–H and O–H groups in total. The Morgan fingerprint density at radius 3 is 2.48 bits per heavy atom. The average Bonchev–Trinajstić information content (AvgIpc) is 2.75. The van der Waals surface area contributed by atoms with Gasteiger partial charge in [0.15, 0.2) is 0 Å². The number of rotatable bonds is 4. The second-order valence-corrected chi connectivity index (χ2v) is 5.46. The van der Waals surface area contributed by atoms with Crippen molar-refractivity contribution in [3.05, 3.63) is 39.9 Å². The third-order valence-corrected chi connectivity index (χ3v) is 4.18. The number of nitro benzene ring substituents is 1. The van der Waals surface area contributed by atoms with Crippen LogP contribution in [0.4, 0.5) is 5.69 Å². The molecule has 1 heterocycles. The Hall–Kier alpha value is -2.44. The first-order valence-corrected chi connectivity index (χ1v) is 6.62. The van der Waals surface area contributed by atoms with Crippen LogP contribution in [0.2, 0.25) is 0 Å². The zero-order valence-electron chi connectivity index (χ0n) is 11.9. The van der Waals surface area contributed by atoms with Crippen LogP contribution in [0, 0.1) is 10.1 Å². The lowest BCUT2D eigenvalue weighted by molar-refractivity contribution is -0.384. The van der Waals surface area contributed by atoms with E-state index in [-0.39, 0.29) is 11.6 Å². The van der Waals surface area contributed by atoms with Gasteiger partial charge in [0.25, 0.3) is 5.69 Å². The molecule has 1 aliphatic heterocycles. The first-order valence-electron chi connectivity index (χ1n) is 6.62. The number of amides is 2. The van der Waals surface area contributed by atoms with Gasteiger partial charge >= 0.3 is 0 Å². The fourth-order valence-corrected chi connectivity index (χ4v) is 2.61. The second kappa shape index (κ2) is 5.16. The van der Waals surface area contributed by atoms with Gasteiger partial charge < -0.3 is 10.6 Å². The van der Waals surface area contributed by atoms with Gasteiger partial charge in [-0.3, -0.25) is 19.7 Å². The quantitative estimate of drug-likeness (QED) is 0.658. The number of primary amides is 1. The second-order valence-electron chi connectivity index (χ2n) is 5.46. The zero-order valence-corrected chi connectivity index (χ0v) is 11.9. The van der Waals surface area contributed by atoms with Crippen LogP contribution < -0.4 is 5.73 Å². The first kappa shape index (κ1) is 15.0. The van der Waals surface area contributed by atoms with E-state index in [9.17, 15) is 19.7 Å². The molecular weight excluding hydrogens is 274 g/mol. The predicted molar refractivity (Wildman–Crippen MR) is 75.4 cm³/mol. The van der Waals surface area contributed by atoms with Gasteiger partial charge in [0, 0.05) is 18.7 Å². The molecule has 1 saturated heterocycles. The van der Waals surface area contributed by atoms with Gasteiger partial charge in [-0.15, -0.1) is 0 Å². The van der Waals surface area contributed by atoms with E-state index in [2.05, 4.69) is 0 Å². The van der Waals surface area contributed by atoms with Gasteiger partial charge in [-0.2, -0.15) is 0 Å². The number of hydrogen-bond acceptors (Lipinski definition) is 4. The van der Waals surface area contributed by atoms with Crippen LogP contribution in [-0.2, 0) is 15.0 Å². The van der Waals surface area contributed by atoms with Crippen molar-refractivity contribution in [1.82, 2.24) is 4.90 Å². The molecule has 2 rings (SSSR count). The molecule has 1 aromatic carbocycles. The number of benzene rings is 1. The summed E-state index contributed by atoms with van der Waals surface area (Å²) in [5.41, 5.74) is 5.16. The van der Waals surface area contributed by atoms with E-state index in [1.54, 1.807) is 26.0 Å². The molecule has 2 atom stereocenters. The molecule has 1 aromatic rings. The van der Waals surface area contributed by atoms with Crippen LogP contribution in [0.15, 0.2) is 24.3 Å². The van der Waals surface area contributed by atoms with Crippen LogP contribution >= 0.6 is 0 Å². The lowest BCUT2D eigenvalue weighted by Crippen LogP contribution is -2.46.